The third-order valence-electron chi connectivity index (χ3n) is 4.41. The lowest BCUT2D eigenvalue weighted by molar-refractivity contribution is 0.593. The molecule has 1 saturated heterocycles. The van der Waals surface area contributed by atoms with Crippen molar-refractivity contribution < 1.29 is 8.42 Å². The number of rotatable bonds is 3. The number of hydrogen-bond donors (Lipinski definition) is 2. The SMILES string of the molecule is N[C@@H]1CCN(c2ccc3[nH]nc(S(=O)(=O)c4ccccc4)c3c2)C1. The van der Waals surface area contributed by atoms with Crippen LogP contribution in [0.25, 0.3) is 10.9 Å². The zero-order valence-corrected chi connectivity index (χ0v) is 13.8. The minimum atomic E-state index is -3.66. The largest absolute Gasteiger partial charge is 0.370 e. The maximum absolute atomic E-state index is 12.9. The van der Waals surface area contributed by atoms with Gasteiger partial charge < -0.3 is 10.6 Å². The van der Waals surface area contributed by atoms with Crippen LogP contribution >= 0.6 is 0 Å². The van der Waals surface area contributed by atoms with Crippen molar-refractivity contribution in [3.05, 3.63) is 48.5 Å². The van der Waals surface area contributed by atoms with Crippen LogP contribution in [0.3, 0.4) is 0 Å². The van der Waals surface area contributed by atoms with Crippen molar-refractivity contribution in [2.75, 3.05) is 18.0 Å². The number of aromatic nitrogens is 2. The number of fused-ring (bicyclic) bond motifs is 1. The summed E-state index contributed by atoms with van der Waals surface area (Å²) in [4.78, 5) is 2.42. The third kappa shape index (κ3) is 2.46. The highest BCUT2D eigenvalue weighted by molar-refractivity contribution is 7.91. The number of hydrogen-bond acceptors (Lipinski definition) is 5. The first-order valence-corrected chi connectivity index (χ1v) is 9.33. The summed E-state index contributed by atoms with van der Waals surface area (Å²) in [6.45, 7) is 1.66. The summed E-state index contributed by atoms with van der Waals surface area (Å²) in [7, 11) is -3.66. The zero-order chi connectivity index (χ0) is 16.7. The van der Waals surface area contributed by atoms with Gasteiger partial charge in [0.1, 0.15) is 0 Å². The highest BCUT2D eigenvalue weighted by Gasteiger charge is 2.25. The van der Waals surface area contributed by atoms with Crippen LogP contribution in [0.2, 0.25) is 0 Å². The predicted molar refractivity (Wildman–Crippen MR) is 92.8 cm³/mol. The van der Waals surface area contributed by atoms with Crippen LogP contribution < -0.4 is 10.6 Å². The van der Waals surface area contributed by atoms with E-state index < -0.39 is 9.84 Å². The van der Waals surface area contributed by atoms with E-state index in [1.54, 1.807) is 30.3 Å². The van der Waals surface area contributed by atoms with Crippen LogP contribution in [-0.4, -0.2) is 37.7 Å². The number of benzene rings is 2. The number of nitrogens with two attached hydrogens (primary N) is 1. The van der Waals surface area contributed by atoms with Gasteiger partial charge in [0.25, 0.3) is 0 Å². The molecular formula is C17H18N4O2S. The molecule has 1 fully saturated rings. The Morgan fingerprint density at radius 1 is 1.17 bits per heavy atom. The Morgan fingerprint density at radius 3 is 2.67 bits per heavy atom. The van der Waals surface area contributed by atoms with Gasteiger partial charge in [-0.2, -0.15) is 5.10 Å². The minimum absolute atomic E-state index is 0.0639. The van der Waals surface area contributed by atoms with E-state index in [1.165, 1.54) is 0 Å². The maximum Gasteiger partial charge on any atom is 0.226 e. The molecule has 3 aromatic rings. The summed E-state index contributed by atoms with van der Waals surface area (Å²) < 4.78 is 25.8. The van der Waals surface area contributed by atoms with Gasteiger partial charge in [-0.25, -0.2) is 8.42 Å². The third-order valence-corrected chi connectivity index (χ3v) is 6.12. The molecule has 0 spiro atoms. The van der Waals surface area contributed by atoms with E-state index in [9.17, 15) is 8.42 Å². The first-order chi connectivity index (χ1) is 11.6. The molecule has 0 saturated carbocycles. The van der Waals surface area contributed by atoms with E-state index in [-0.39, 0.29) is 16.0 Å². The van der Waals surface area contributed by atoms with Gasteiger partial charge >= 0.3 is 0 Å². The number of nitrogens with zero attached hydrogens (tertiary/aromatic N) is 2. The molecule has 0 aliphatic carbocycles. The van der Waals surface area contributed by atoms with Crippen molar-refractivity contribution in [3.63, 3.8) is 0 Å². The molecule has 1 aliphatic heterocycles. The monoisotopic (exact) mass is 342 g/mol. The van der Waals surface area contributed by atoms with Crippen LogP contribution in [0.15, 0.2) is 58.5 Å². The first kappa shape index (κ1) is 15.2. The molecule has 1 aromatic heterocycles. The van der Waals surface area contributed by atoms with E-state index >= 15 is 0 Å². The second-order valence-corrected chi connectivity index (χ2v) is 7.93. The molecule has 2 aromatic carbocycles. The van der Waals surface area contributed by atoms with Crippen LogP contribution in [0.4, 0.5) is 5.69 Å². The topological polar surface area (TPSA) is 92.1 Å². The quantitative estimate of drug-likeness (QED) is 0.759. The van der Waals surface area contributed by atoms with E-state index in [0.29, 0.717) is 10.9 Å². The van der Waals surface area contributed by atoms with Crippen LogP contribution in [0.5, 0.6) is 0 Å². The van der Waals surface area contributed by atoms with Gasteiger partial charge in [-0.15, -0.1) is 0 Å². The van der Waals surface area contributed by atoms with Gasteiger partial charge in [-0.05, 0) is 36.8 Å². The molecule has 1 atom stereocenters. The predicted octanol–water partition coefficient (Wildman–Crippen LogP) is 1.93. The molecule has 3 N–H and O–H groups in total. The van der Waals surface area contributed by atoms with E-state index in [0.717, 1.165) is 25.2 Å². The summed E-state index contributed by atoms with van der Waals surface area (Å²) in [6.07, 6.45) is 0.943. The molecule has 124 valence electrons. The first-order valence-electron chi connectivity index (χ1n) is 7.84. The van der Waals surface area contributed by atoms with Crippen LogP contribution in [0.1, 0.15) is 6.42 Å². The Morgan fingerprint density at radius 2 is 1.96 bits per heavy atom. The summed E-state index contributed by atoms with van der Waals surface area (Å²) >= 11 is 0. The Balaban J connectivity index is 1.82. The van der Waals surface area contributed by atoms with Crippen molar-refractivity contribution >= 4 is 26.4 Å². The fourth-order valence-corrected chi connectivity index (χ4v) is 4.48. The van der Waals surface area contributed by atoms with E-state index in [1.807, 2.05) is 18.2 Å². The smallest absolute Gasteiger partial charge is 0.226 e. The van der Waals surface area contributed by atoms with Gasteiger partial charge in [0.15, 0.2) is 5.03 Å². The molecule has 6 nitrogen and oxygen atoms in total. The maximum atomic E-state index is 12.9. The normalized spacial score (nSPS) is 18.4. The summed E-state index contributed by atoms with van der Waals surface area (Å²) in [5.74, 6) is 0. The Labute approximate surface area is 140 Å². The van der Waals surface area contributed by atoms with E-state index in [4.69, 9.17) is 5.73 Å². The minimum Gasteiger partial charge on any atom is -0.370 e. The average molecular weight is 342 g/mol. The highest BCUT2D eigenvalue weighted by atomic mass is 32.2. The molecule has 7 heteroatoms. The zero-order valence-electron chi connectivity index (χ0n) is 13.0. The molecule has 4 rings (SSSR count). The number of H-pyrrole nitrogens is 1. The van der Waals surface area contributed by atoms with Crippen molar-refractivity contribution in [2.45, 2.75) is 22.4 Å². The fourth-order valence-electron chi connectivity index (χ4n) is 3.11. The van der Waals surface area contributed by atoms with E-state index in [2.05, 4.69) is 15.1 Å². The second-order valence-electron chi connectivity index (χ2n) is 6.07. The van der Waals surface area contributed by atoms with Gasteiger partial charge in [-0.3, -0.25) is 5.10 Å². The molecule has 0 bridgehead atoms. The Bertz CT molecular complexity index is 982. The van der Waals surface area contributed by atoms with Crippen LogP contribution in [-0.2, 0) is 9.84 Å². The van der Waals surface area contributed by atoms with Crippen molar-refractivity contribution in [2.24, 2.45) is 5.73 Å². The lowest BCUT2D eigenvalue weighted by atomic mass is 10.2. The molecule has 0 radical (unpaired) electrons. The summed E-state index contributed by atoms with van der Waals surface area (Å²) in [5.41, 5.74) is 7.65. The van der Waals surface area contributed by atoms with Crippen molar-refractivity contribution in [3.8, 4) is 0 Å². The second kappa shape index (κ2) is 5.61. The summed E-state index contributed by atoms with van der Waals surface area (Å²) in [5, 5.41) is 7.56. The Hall–Kier alpha value is -2.38. The molecule has 0 amide bonds. The lowest BCUT2D eigenvalue weighted by Crippen LogP contribution is -2.26. The average Bonchev–Trinajstić information content (AvgIpc) is 3.21. The number of nitrogens with one attached hydrogen (secondary N) is 1. The fraction of sp³-hybridized carbons (Fsp3) is 0.235. The van der Waals surface area contributed by atoms with Crippen LogP contribution in [0, 0.1) is 0 Å². The van der Waals surface area contributed by atoms with Gasteiger partial charge in [0.05, 0.1) is 10.4 Å². The lowest BCUT2D eigenvalue weighted by Gasteiger charge is -2.18. The van der Waals surface area contributed by atoms with Gasteiger partial charge in [-0.1, -0.05) is 18.2 Å². The molecule has 24 heavy (non-hydrogen) atoms. The molecular weight excluding hydrogens is 324 g/mol. The molecule has 2 heterocycles. The standard InChI is InChI=1S/C17H18N4O2S/c18-12-8-9-21(11-12)13-6-7-16-15(10-13)17(20-19-16)24(22,23)14-4-2-1-3-5-14/h1-7,10,12H,8-9,11,18H2,(H,19,20)/t12-/m1/s1. The van der Waals surface area contributed by atoms with Crippen molar-refractivity contribution in [1.29, 1.82) is 0 Å². The van der Waals surface area contributed by atoms with Gasteiger partial charge in [0.2, 0.25) is 9.84 Å². The number of anilines is 1. The summed E-state index contributed by atoms with van der Waals surface area (Å²) in [6, 6.07) is 14.2. The van der Waals surface area contributed by atoms with Gasteiger partial charge in [0, 0.05) is 30.2 Å². The Kier molecular flexibility index (Phi) is 3.54. The number of aromatic amines is 1. The molecule has 1 aliphatic rings. The van der Waals surface area contributed by atoms with Crippen molar-refractivity contribution in [1.82, 2.24) is 10.2 Å². The number of sulfone groups is 1. The molecule has 0 unspecified atom stereocenters. The highest BCUT2D eigenvalue weighted by Crippen LogP contribution is 2.30.